The lowest BCUT2D eigenvalue weighted by Crippen LogP contribution is -2.45. The molecule has 0 aliphatic carbocycles. The Labute approximate surface area is 119 Å². The number of methoxy groups -OCH3 is 2. The van der Waals surface area contributed by atoms with Gasteiger partial charge >= 0.3 is 12.2 Å². The Bertz CT molecular complexity index is 362. The highest BCUT2D eigenvalue weighted by atomic mass is 16.5. The molecule has 2 heterocycles. The minimum atomic E-state index is -0.382. The zero-order valence-corrected chi connectivity index (χ0v) is 12.1. The summed E-state index contributed by atoms with van der Waals surface area (Å²) in [5.41, 5.74) is 0. The number of carbonyl (C=O) groups excluding carboxylic acids is 2. The summed E-state index contributed by atoms with van der Waals surface area (Å²) >= 11 is 0. The molecular weight excluding hydrogens is 262 g/mol. The highest BCUT2D eigenvalue weighted by molar-refractivity contribution is 5.67. The van der Waals surface area contributed by atoms with E-state index in [9.17, 15) is 9.59 Å². The number of fused-ring (bicyclic) bond motifs is 2. The Kier molecular flexibility index (Phi) is 5.05. The Morgan fingerprint density at radius 2 is 1.75 bits per heavy atom. The number of hydrogen-bond donors (Lipinski definition) is 2. The molecule has 2 aliphatic heterocycles. The van der Waals surface area contributed by atoms with Crippen molar-refractivity contribution in [3.05, 3.63) is 0 Å². The van der Waals surface area contributed by atoms with Crippen LogP contribution in [-0.4, -0.2) is 63.0 Å². The van der Waals surface area contributed by atoms with Gasteiger partial charge in [0.1, 0.15) is 0 Å². The van der Waals surface area contributed by atoms with Gasteiger partial charge < -0.3 is 20.1 Å². The molecule has 114 valence electrons. The van der Waals surface area contributed by atoms with E-state index in [4.69, 9.17) is 0 Å². The van der Waals surface area contributed by atoms with E-state index in [0.29, 0.717) is 31.1 Å². The summed E-state index contributed by atoms with van der Waals surface area (Å²) in [6.45, 7) is 2.35. The Morgan fingerprint density at radius 1 is 1.10 bits per heavy atom. The Balaban J connectivity index is 1.73. The standard InChI is InChI=1S/C13H23N3O4/c1-19-12(17)14-4-3-10-5-9-6-11(16(10)8-9)7-15-13(18)20-2/h9-11H,3-8H2,1-2H3,(H,14,17)(H,15,18). The zero-order chi connectivity index (χ0) is 14.5. The van der Waals surface area contributed by atoms with Gasteiger partial charge in [-0.15, -0.1) is 0 Å². The quantitative estimate of drug-likeness (QED) is 0.771. The van der Waals surface area contributed by atoms with Crippen molar-refractivity contribution < 1.29 is 19.1 Å². The van der Waals surface area contributed by atoms with E-state index < -0.39 is 0 Å². The lowest BCUT2D eigenvalue weighted by molar-refractivity contribution is 0.147. The van der Waals surface area contributed by atoms with Crippen LogP contribution in [0.5, 0.6) is 0 Å². The van der Waals surface area contributed by atoms with Crippen molar-refractivity contribution >= 4 is 12.2 Å². The fourth-order valence-electron chi connectivity index (χ4n) is 3.35. The van der Waals surface area contributed by atoms with Crippen molar-refractivity contribution in [3.63, 3.8) is 0 Å². The fourth-order valence-corrected chi connectivity index (χ4v) is 3.35. The molecule has 2 fully saturated rings. The van der Waals surface area contributed by atoms with Gasteiger partial charge in [0, 0.05) is 31.7 Å². The molecular formula is C13H23N3O4. The van der Waals surface area contributed by atoms with Crippen LogP contribution < -0.4 is 10.6 Å². The normalized spacial score (nSPS) is 30.9. The van der Waals surface area contributed by atoms with Crippen molar-refractivity contribution in [1.82, 2.24) is 15.5 Å². The van der Waals surface area contributed by atoms with Gasteiger partial charge in [-0.1, -0.05) is 0 Å². The molecule has 20 heavy (non-hydrogen) atoms. The number of alkyl carbamates (subject to hydrolysis) is 2. The molecule has 0 aromatic carbocycles. The van der Waals surface area contributed by atoms with Crippen LogP contribution in [0.1, 0.15) is 19.3 Å². The van der Waals surface area contributed by atoms with Gasteiger partial charge in [0.15, 0.2) is 0 Å². The van der Waals surface area contributed by atoms with Crippen LogP contribution >= 0.6 is 0 Å². The van der Waals surface area contributed by atoms with Crippen molar-refractivity contribution in [2.75, 3.05) is 33.9 Å². The number of nitrogens with one attached hydrogen (secondary N) is 2. The number of piperidine rings is 1. The first kappa shape index (κ1) is 14.9. The van der Waals surface area contributed by atoms with Crippen molar-refractivity contribution in [1.29, 1.82) is 0 Å². The zero-order valence-electron chi connectivity index (χ0n) is 12.1. The SMILES string of the molecule is COC(=O)NCCC1CC2CC(CNC(=O)OC)N1C2. The molecule has 0 spiro atoms. The predicted octanol–water partition coefficient (Wildman–Crippen LogP) is 0.551. The lowest BCUT2D eigenvalue weighted by Gasteiger charge is -2.32. The van der Waals surface area contributed by atoms with E-state index in [1.807, 2.05) is 0 Å². The fraction of sp³-hybridized carbons (Fsp3) is 0.846. The first-order valence-corrected chi connectivity index (χ1v) is 7.03. The number of rotatable bonds is 5. The Hall–Kier alpha value is -1.50. The van der Waals surface area contributed by atoms with Crippen LogP contribution in [-0.2, 0) is 9.47 Å². The summed E-state index contributed by atoms with van der Waals surface area (Å²) in [4.78, 5) is 24.6. The smallest absolute Gasteiger partial charge is 0.406 e. The highest BCUT2D eigenvalue weighted by Gasteiger charge is 2.43. The van der Waals surface area contributed by atoms with Crippen LogP contribution in [0.15, 0.2) is 0 Å². The first-order chi connectivity index (χ1) is 9.63. The second-order valence-electron chi connectivity index (χ2n) is 5.42. The van der Waals surface area contributed by atoms with Gasteiger partial charge in [0.2, 0.25) is 0 Å². The molecule has 7 heteroatoms. The minimum absolute atomic E-state index is 0.377. The second kappa shape index (κ2) is 6.78. The number of carbonyl (C=O) groups is 2. The van der Waals surface area contributed by atoms with Gasteiger partial charge in [0.25, 0.3) is 0 Å². The molecule has 2 rings (SSSR count). The number of nitrogens with zero attached hydrogens (tertiary/aromatic N) is 1. The molecule has 2 saturated heterocycles. The molecule has 2 aliphatic rings. The van der Waals surface area contributed by atoms with Crippen molar-refractivity contribution in [2.24, 2.45) is 5.92 Å². The third kappa shape index (κ3) is 3.53. The predicted molar refractivity (Wildman–Crippen MR) is 72.4 cm³/mol. The van der Waals surface area contributed by atoms with Gasteiger partial charge in [-0.25, -0.2) is 9.59 Å². The third-order valence-corrected chi connectivity index (χ3v) is 4.22. The van der Waals surface area contributed by atoms with Gasteiger partial charge in [-0.2, -0.15) is 0 Å². The molecule has 0 radical (unpaired) electrons. The molecule has 2 amide bonds. The van der Waals surface area contributed by atoms with E-state index >= 15 is 0 Å². The first-order valence-electron chi connectivity index (χ1n) is 7.03. The lowest BCUT2D eigenvalue weighted by atomic mass is 9.94. The maximum Gasteiger partial charge on any atom is 0.406 e. The molecule has 4 atom stereocenters. The monoisotopic (exact) mass is 285 g/mol. The topological polar surface area (TPSA) is 79.9 Å². The summed E-state index contributed by atoms with van der Waals surface area (Å²) in [6.07, 6.45) is 2.47. The van der Waals surface area contributed by atoms with Crippen LogP contribution in [0, 0.1) is 5.92 Å². The van der Waals surface area contributed by atoms with Crippen LogP contribution in [0.4, 0.5) is 9.59 Å². The van der Waals surface area contributed by atoms with E-state index in [1.165, 1.54) is 20.6 Å². The maximum absolute atomic E-state index is 11.1. The highest BCUT2D eigenvalue weighted by Crippen LogP contribution is 2.38. The third-order valence-electron chi connectivity index (χ3n) is 4.22. The second-order valence-corrected chi connectivity index (χ2v) is 5.42. The van der Waals surface area contributed by atoms with Gasteiger partial charge in [-0.05, 0) is 25.2 Å². The molecule has 0 saturated carbocycles. The Morgan fingerprint density at radius 3 is 2.40 bits per heavy atom. The minimum Gasteiger partial charge on any atom is -0.453 e. The van der Waals surface area contributed by atoms with E-state index in [2.05, 4.69) is 25.0 Å². The molecule has 2 bridgehead atoms. The summed E-state index contributed by atoms with van der Waals surface area (Å²) in [5, 5.41) is 5.49. The van der Waals surface area contributed by atoms with Gasteiger partial charge in [-0.3, -0.25) is 4.90 Å². The summed E-state index contributed by atoms with van der Waals surface area (Å²) in [7, 11) is 2.74. The van der Waals surface area contributed by atoms with Crippen molar-refractivity contribution in [2.45, 2.75) is 31.3 Å². The molecule has 2 N–H and O–H groups in total. The van der Waals surface area contributed by atoms with Gasteiger partial charge in [0.05, 0.1) is 14.2 Å². The van der Waals surface area contributed by atoms with Crippen LogP contribution in [0.2, 0.25) is 0 Å². The molecule has 0 aromatic heterocycles. The van der Waals surface area contributed by atoms with Crippen LogP contribution in [0.25, 0.3) is 0 Å². The average Bonchev–Trinajstić information content (AvgIpc) is 3.04. The van der Waals surface area contributed by atoms with E-state index in [0.717, 1.165) is 19.4 Å². The van der Waals surface area contributed by atoms with E-state index in [-0.39, 0.29) is 12.2 Å². The van der Waals surface area contributed by atoms with E-state index in [1.54, 1.807) is 0 Å². The van der Waals surface area contributed by atoms with Crippen molar-refractivity contribution in [3.8, 4) is 0 Å². The number of ether oxygens (including phenoxy) is 2. The van der Waals surface area contributed by atoms with Crippen LogP contribution in [0.3, 0.4) is 0 Å². The largest absolute Gasteiger partial charge is 0.453 e. The maximum atomic E-state index is 11.1. The average molecular weight is 285 g/mol. The summed E-state index contributed by atoms with van der Waals surface area (Å²) in [5.74, 6) is 0.711. The summed E-state index contributed by atoms with van der Waals surface area (Å²) in [6, 6.07) is 0.867. The number of amides is 2. The molecule has 0 aromatic rings. The molecule has 7 nitrogen and oxygen atoms in total. The number of hydrogen-bond acceptors (Lipinski definition) is 5. The molecule has 4 unspecified atom stereocenters. The summed E-state index contributed by atoms with van der Waals surface area (Å²) < 4.78 is 9.14.